The van der Waals surface area contributed by atoms with Crippen molar-refractivity contribution in [3.8, 4) is 0 Å². The molecule has 0 aliphatic heterocycles. The van der Waals surface area contributed by atoms with Crippen LogP contribution in [-0.4, -0.2) is 11.9 Å². The molecule has 0 saturated carbocycles. The van der Waals surface area contributed by atoms with Crippen molar-refractivity contribution in [3.63, 3.8) is 0 Å². The maximum absolute atomic E-state index is 10.8. The van der Waals surface area contributed by atoms with Gasteiger partial charge < -0.3 is 11.5 Å². The molecule has 1 amide bonds. The first kappa shape index (κ1) is 9.74. The highest BCUT2D eigenvalue weighted by Crippen LogP contribution is 2.16. The van der Waals surface area contributed by atoms with Gasteiger partial charge in [-0.05, 0) is 5.56 Å². The first-order valence-corrected chi connectivity index (χ1v) is 4.22. The van der Waals surface area contributed by atoms with Gasteiger partial charge in [0.1, 0.15) is 0 Å². The Morgan fingerprint density at radius 3 is 2.31 bits per heavy atom. The number of amides is 1. The lowest BCUT2D eigenvalue weighted by atomic mass is 9.94. The zero-order valence-electron chi connectivity index (χ0n) is 7.60. The molecule has 0 unspecified atom stereocenters. The van der Waals surface area contributed by atoms with Gasteiger partial charge in [-0.2, -0.15) is 0 Å². The van der Waals surface area contributed by atoms with E-state index in [-0.39, 0.29) is 5.92 Å². The SMILES string of the molecule is C[C@@H](c1ccccc1)[C@@H](N)C(N)=O. The maximum Gasteiger partial charge on any atom is 0.234 e. The molecule has 3 nitrogen and oxygen atoms in total. The van der Waals surface area contributed by atoms with Crippen LogP contribution in [0.1, 0.15) is 18.4 Å². The van der Waals surface area contributed by atoms with E-state index in [9.17, 15) is 4.79 Å². The minimum Gasteiger partial charge on any atom is -0.368 e. The van der Waals surface area contributed by atoms with Crippen LogP contribution in [0.25, 0.3) is 0 Å². The zero-order valence-corrected chi connectivity index (χ0v) is 7.60. The van der Waals surface area contributed by atoms with Gasteiger partial charge in [-0.3, -0.25) is 4.79 Å². The van der Waals surface area contributed by atoms with Gasteiger partial charge in [-0.25, -0.2) is 0 Å². The zero-order chi connectivity index (χ0) is 9.84. The van der Waals surface area contributed by atoms with Gasteiger partial charge in [-0.15, -0.1) is 0 Å². The summed E-state index contributed by atoms with van der Waals surface area (Å²) in [5.74, 6) is -0.491. The smallest absolute Gasteiger partial charge is 0.234 e. The first-order chi connectivity index (χ1) is 6.13. The molecule has 0 saturated heterocycles. The first-order valence-electron chi connectivity index (χ1n) is 4.22. The van der Waals surface area contributed by atoms with E-state index in [1.54, 1.807) is 0 Å². The fourth-order valence-electron chi connectivity index (χ4n) is 1.21. The summed E-state index contributed by atoms with van der Waals surface area (Å²) in [6.07, 6.45) is 0. The Morgan fingerprint density at radius 1 is 1.31 bits per heavy atom. The number of benzene rings is 1. The van der Waals surface area contributed by atoms with Crippen molar-refractivity contribution in [1.82, 2.24) is 0 Å². The summed E-state index contributed by atoms with van der Waals surface area (Å²) in [7, 11) is 0. The van der Waals surface area contributed by atoms with Crippen molar-refractivity contribution in [2.75, 3.05) is 0 Å². The quantitative estimate of drug-likeness (QED) is 0.711. The number of hydrogen-bond donors (Lipinski definition) is 2. The minimum atomic E-state index is -0.609. The average Bonchev–Trinajstić information content (AvgIpc) is 2.17. The second kappa shape index (κ2) is 4.05. The van der Waals surface area contributed by atoms with Crippen LogP contribution < -0.4 is 11.5 Å². The molecule has 70 valence electrons. The predicted octanol–water partition coefficient (Wildman–Crippen LogP) is 0.603. The predicted molar refractivity (Wildman–Crippen MR) is 52.0 cm³/mol. The Labute approximate surface area is 77.7 Å². The maximum atomic E-state index is 10.8. The van der Waals surface area contributed by atoms with Gasteiger partial charge in [0.05, 0.1) is 6.04 Å². The van der Waals surface area contributed by atoms with E-state index in [4.69, 9.17) is 11.5 Å². The highest BCUT2D eigenvalue weighted by atomic mass is 16.1. The van der Waals surface area contributed by atoms with E-state index in [1.807, 2.05) is 37.3 Å². The molecule has 0 fully saturated rings. The summed E-state index contributed by atoms with van der Waals surface area (Å²) in [5.41, 5.74) is 11.8. The van der Waals surface area contributed by atoms with Gasteiger partial charge in [0.2, 0.25) is 5.91 Å². The molecule has 0 aromatic heterocycles. The lowest BCUT2D eigenvalue weighted by Gasteiger charge is -2.16. The number of hydrogen-bond acceptors (Lipinski definition) is 2. The van der Waals surface area contributed by atoms with Gasteiger partial charge in [-0.1, -0.05) is 37.3 Å². The van der Waals surface area contributed by atoms with Gasteiger partial charge in [0.15, 0.2) is 0 Å². The highest BCUT2D eigenvalue weighted by molar-refractivity contribution is 5.80. The van der Waals surface area contributed by atoms with Crippen molar-refractivity contribution in [1.29, 1.82) is 0 Å². The third kappa shape index (κ3) is 2.29. The number of nitrogens with two attached hydrogens (primary N) is 2. The summed E-state index contributed by atoms with van der Waals surface area (Å²) in [6, 6.07) is 9.02. The average molecular weight is 178 g/mol. The van der Waals surface area contributed by atoms with Crippen LogP contribution in [0.4, 0.5) is 0 Å². The molecular weight excluding hydrogens is 164 g/mol. The van der Waals surface area contributed by atoms with Gasteiger partial charge in [0, 0.05) is 5.92 Å². The number of rotatable bonds is 3. The minimum absolute atomic E-state index is 0.0290. The summed E-state index contributed by atoms with van der Waals surface area (Å²) in [4.78, 5) is 10.8. The largest absolute Gasteiger partial charge is 0.368 e. The highest BCUT2D eigenvalue weighted by Gasteiger charge is 2.18. The molecule has 0 aliphatic carbocycles. The van der Waals surface area contributed by atoms with Crippen molar-refractivity contribution in [3.05, 3.63) is 35.9 Å². The summed E-state index contributed by atoms with van der Waals surface area (Å²) < 4.78 is 0. The topological polar surface area (TPSA) is 69.1 Å². The Morgan fingerprint density at radius 2 is 1.85 bits per heavy atom. The van der Waals surface area contributed by atoms with Crippen molar-refractivity contribution >= 4 is 5.91 Å². The van der Waals surface area contributed by atoms with Crippen LogP contribution >= 0.6 is 0 Å². The fourth-order valence-corrected chi connectivity index (χ4v) is 1.21. The van der Waals surface area contributed by atoms with E-state index in [2.05, 4.69) is 0 Å². The number of carbonyl (C=O) groups excluding carboxylic acids is 1. The molecule has 0 radical (unpaired) electrons. The standard InChI is InChI=1S/C10H14N2O/c1-7(9(11)10(12)13)8-5-3-2-4-6-8/h2-7,9H,11H2,1H3,(H2,12,13)/t7-,9+/m0/s1. The summed E-state index contributed by atoms with van der Waals surface area (Å²) in [6.45, 7) is 1.89. The lowest BCUT2D eigenvalue weighted by Crippen LogP contribution is -2.40. The second-order valence-electron chi connectivity index (χ2n) is 3.13. The van der Waals surface area contributed by atoms with Crippen LogP contribution in [-0.2, 0) is 4.79 Å². The van der Waals surface area contributed by atoms with Crippen LogP contribution in [0.3, 0.4) is 0 Å². The number of primary amides is 1. The lowest BCUT2D eigenvalue weighted by molar-refractivity contribution is -0.119. The molecule has 1 aromatic rings. The van der Waals surface area contributed by atoms with Crippen molar-refractivity contribution < 1.29 is 4.79 Å². The fraction of sp³-hybridized carbons (Fsp3) is 0.300. The van der Waals surface area contributed by atoms with Gasteiger partial charge in [0.25, 0.3) is 0 Å². The molecule has 3 heteroatoms. The van der Waals surface area contributed by atoms with Crippen molar-refractivity contribution in [2.24, 2.45) is 11.5 Å². The van der Waals surface area contributed by atoms with Crippen LogP contribution in [0, 0.1) is 0 Å². The third-order valence-electron chi connectivity index (χ3n) is 2.19. The van der Waals surface area contributed by atoms with Gasteiger partial charge >= 0.3 is 0 Å². The Balaban J connectivity index is 2.79. The third-order valence-corrected chi connectivity index (χ3v) is 2.19. The number of carbonyl (C=O) groups is 1. The Kier molecular flexibility index (Phi) is 3.03. The second-order valence-corrected chi connectivity index (χ2v) is 3.13. The molecular formula is C10H14N2O. The van der Waals surface area contributed by atoms with E-state index in [1.165, 1.54) is 0 Å². The Bertz CT molecular complexity index is 284. The molecule has 0 bridgehead atoms. The molecule has 2 atom stereocenters. The molecule has 1 aromatic carbocycles. The summed E-state index contributed by atoms with van der Waals surface area (Å²) in [5, 5.41) is 0. The molecule has 13 heavy (non-hydrogen) atoms. The van der Waals surface area contributed by atoms with Crippen molar-refractivity contribution in [2.45, 2.75) is 18.9 Å². The van der Waals surface area contributed by atoms with Crippen LogP contribution in [0.15, 0.2) is 30.3 Å². The molecule has 0 aliphatic rings. The van der Waals surface area contributed by atoms with Crippen LogP contribution in [0.5, 0.6) is 0 Å². The molecule has 0 heterocycles. The van der Waals surface area contributed by atoms with E-state index in [0.717, 1.165) is 5.56 Å². The molecule has 1 rings (SSSR count). The van der Waals surface area contributed by atoms with Crippen LogP contribution in [0.2, 0.25) is 0 Å². The monoisotopic (exact) mass is 178 g/mol. The normalized spacial score (nSPS) is 14.9. The summed E-state index contributed by atoms with van der Waals surface area (Å²) >= 11 is 0. The molecule has 4 N–H and O–H groups in total. The van der Waals surface area contributed by atoms with E-state index >= 15 is 0 Å². The molecule has 0 spiro atoms. The Hall–Kier alpha value is -1.35. The van der Waals surface area contributed by atoms with E-state index in [0.29, 0.717) is 0 Å². The van der Waals surface area contributed by atoms with E-state index < -0.39 is 11.9 Å².